The molecule has 0 aliphatic heterocycles. The molecule has 3 nitrogen and oxygen atoms in total. The molecular weight excluding hydrogens is 863 g/mol. The Kier molecular flexibility index (Phi) is 8.38. The third-order valence-electron chi connectivity index (χ3n) is 15.3. The van der Waals surface area contributed by atoms with Crippen LogP contribution in [-0.4, -0.2) is 21.4 Å². The standard InChI is InChI=1S/C66H43N3Si/c1-4-20-45(21-5-1)70(46-22-6-2-7-23-46,47-24-8-3-9-25-47)48-39-41-64-58(43-48)56-33-19-31-54-52-29-12-16-36-61(52)68-63-40-38-44(67-59-34-14-10-26-49(59)50-27-11-15-35-60(50)67)42-57(63)55-32-18-30-53(65(55)68)51-28-13-17-37-62(51)69(64)66(54)56/h1-43H. The number of benzene rings is 11. The van der Waals surface area contributed by atoms with Gasteiger partial charge in [0, 0.05) is 59.5 Å². The zero-order chi connectivity index (χ0) is 45.9. The van der Waals surface area contributed by atoms with Gasteiger partial charge in [0.15, 0.2) is 8.07 Å². The molecule has 0 bridgehead atoms. The van der Waals surface area contributed by atoms with Crippen molar-refractivity contribution in [3.63, 3.8) is 0 Å². The molecule has 4 aromatic heterocycles. The van der Waals surface area contributed by atoms with Gasteiger partial charge in [-0.25, -0.2) is 0 Å². The van der Waals surface area contributed by atoms with Crippen LogP contribution in [0.15, 0.2) is 261 Å². The lowest BCUT2D eigenvalue weighted by molar-refractivity contribution is 1.18. The number of hydrogen-bond acceptors (Lipinski definition) is 0. The number of rotatable bonds is 5. The van der Waals surface area contributed by atoms with E-state index in [9.17, 15) is 0 Å². The zero-order valence-corrected chi connectivity index (χ0v) is 39.2. The SMILES string of the molecule is c1ccc([Si](c2ccccc2)(c2ccccc2)c2ccc3c(c2)c2cccc4c5ccccc5n5c6ccc(-n7c8ccccc8c8ccccc87)cc6c6cccc(c7ccccc7n3c42)c65)cc1. The maximum Gasteiger partial charge on any atom is 0.179 e. The second-order valence-electron chi connectivity index (χ2n) is 18.8. The molecule has 15 rings (SSSR count). The van der Waals surface area contributed by atoms with Crippen LogP contribution >= 0.6 is 0 Å². The summed E-state index contributed by atoms with van der Waals surface area (Å²) in [7, 11) is -2.82. The summed E-state index contributed by atoms with van der Waals surface area (Å²) >= 11 is 0. The van der Waals surface area contributed by atoms with Crippen molar-refractivity contribution >= 4 is 127 Å². The van der Waals surface area contributed by atoms with Crippen molar-refractivity contribution in [2.24, 2.45) is 0 Å². The van der Waals surface area contributed by atoms with Gasteiger partial charge >= 0.3 is 0 Å². The van der Waals surface area contributed by atoms with Crippen LogP contribution in [0, 0.1) is 0 Å². The minimum atomic E-state index is -2.82. The highest BCUT2D eigenvalue weighted by molar-refractivity contribution is 7.20. The molecule has 0 aliphatic carbocycles. The Hall–Kier alpha value is -8.96. The summed E-state index contributed by atoms with van der Waals surface area (Å²) < 4.78 is 7.56. The fraction of sp³-hybridized carbons (Fsp3) is 0. The lowest BCUT2D eigenvalue weighted by atomic mass is 10.1. The number of para-hydroxylation sites is 6. The van der Waals surface area contributed by atoms with E-state index in [1.807, 2.05) is 0 Å². The molecular formula is C66H43N3Si. The van der Waals surface area contributed by atoms with Crippen LogP contribution in [0.1, 0.15) is 0 Å². The molecule has 0 amide bonds. The first-order valence-corrected chi connectivity index (χ1v) is 26.3. The molecule has 0 radical (unpaired) electrons. The first-order chi connectivity index (χ1) is 34.8. The topological polar surface area (TPSA) is 13.8 Å². The summed E-state index contributed by atoms with van der Waals surface area (Å²) in [6.07, 6.45) is 0. The number of hydrogen-bond donors (Lipinski definition) is 0. The highest BCUT2D eigenvalue weighted by Crippen LogP contribution is 2.41. The van der Waals surface area contributed by atoms with Crippen molar-refractivity contribution in [2.45, 2.75) is 0 Å². The van der Waals surface area contributed by atoms with Gasteiger partial charge in [-0.2, -0.15) is 0 Å². The second kappa shape index (κ2) is 15.0. The molecule has 70 heavy (non-hydrogen) atoms. The number of fused-ring (bicyclic) bond motifs is 15. The molecule has 4 heteroatoms. The molecule has 0 saturated carbocycles. The minimum absolute atomic E-state index is 1.15. The van der Waals surface area contributed by atoms with E-state index in [0.29, 0.717) is 0 Å². The van der Waals surface area contributed by atoms with E-state index >= 15 is 0 Å². The van der Waals surface area contributed by atoms with E-state index in [4.69, 9.17) is 0 Å². The molecule has 0 atom stereocenters. The van der Waals surface area contributed by atoms with Gasteiger partial charge < -0.3 is 13.4 Å². The molecule has 0 aliphatic rings. The Bertz CT molecular complexity index is 4480. The molecule has 326 valence electrons. The van der Waals surface area contributed by atoms with Crippen LogP contribution in [0.5, 0.6) is 0 Å². The van der Waals surface area contributed by atoms with Crippen molar-refractivity contribution < 1.29 is 0 Å². The van der Waals surface area contributed by atoms with Crippen LogP contribution in [0.4, 0.5) is 0 Å². The van der Waals surface area contributed by atoms with E-state index in [0.717, 1.165) is 16.7 Å². The smallest absolute Gasteiger partial charge is 0.179 e. The van der Waals surface area contributed by atoms with Crippen LogP contribution in [0.25, 0.3) is 104 Å². The normalized spacial score (nSPS) is 12.3. The van der Waals surface area contributed by atoms with Crippen molar-refractivity contribution in [3.05, 3.63) is 261 Å². The van der Waals surface area contributed by atoms with Gasteiger partial charge in [-0.3, -0.25) is 0 Å². The van der Waals surface area contributed by atoms with Crippen molar-refractivity contribution in [3.8, 4) is 5.69 Å². The first-order valence-electron chi connectivity index (χ1n) is 24.3. The van der Waals surface area contributed by atoms with Crippen LogP contribution in [0.2, 0.25) is 0 Å². The molecule has 0 N–H and O–H groups in total. The molecule has 11 aromatic carbocycles. The number of nitrogens with zero attached hydrogens (tertiary/aromatic N) is 3. The summed E-state index contributed by atoms with van der Waals surface area (Å²) in [5.41, 5.74) is 10.7. The van der Waals surface area contributed by atoms with E-state index in [1.165, 1.54) is 108 Å². The molecule has 0 saturated heterocycles. The molecule has 15 aromatic rings. The van der Waals surface area contributed by atoms with Crippen LogP contribution in [-0.2, 0) is 0 Å². The quantitative estimate of drug-likeness (QED) is 0.121. The molecule has 0 fully saturated rings. The van der Waals surface area contributed by atoms with Gasteiger partial charge in [-0.15, -0.1) is 0 Å². The van der Waals surface area contributed by atoms with Gasteiger partial charge in [0.25, 0.3) is 0 Å². The monoisotopic (exact) mass is 905 g/mol. The highest BCUT2D eigenvalue weighted by atomic mass is 28.3. The van der Waals surface area contributed by atoms with Crippen LogP contribution in [0.3, 0.4) is 0 Å². The maximum atomic E-state index is 2.57. The molecule has 0 spiro atoms. The Morgan fingerprint density at radius 2 is 0.543 bits per heavy atom. The third kappa shape index (κ3) is 5.34. The predicted molar refractivity (Wildman–Crippen MR) is 300 cm³/mol. The van der Waals surface area contributed by atoms with Crippen molar-refractivity contribution in [1.29, 1.82) is 0 Å². The highest BCUT2D eigenvalue weighted by Gasteiger charge is 2.41. The lowest BCUT2D eigenvalue weighted by Gasteiger charge is -2.34. The average Bonchev–Trinajstić information content (AvgIpc) is 4.07. The molecule has 0 unspecified atom stereocenters. The van der Waals surface area contributed by atoms with Gasteiger partial charge in [0.05, 0.1) is 44.1 Å². The summed E-state index contributed by atoms with van der Waals surface area (Å²) in [4.78, 5) is 0. The molecule has 4 heterocycles. The summed E-state index contributed by atoms with van der Waals surface area (Å²) in [5, 5.41) is 17.7. The van der Waals surface area contributed by atoms with Crippen LogP contribution < -0.4 is 20.7 Å². The predicted octanol–water partition coefficient (Wildman–Crippen LogP) is 14.1. The Morgan fingerprint density at radius 3 is 1.00 bits per heavy atom. The lowest BCUT2D eigenvalue weighted by Crippen LogP contribution is -2.74. The van der Waals surface area contributed by atoms with E-state index in [1.54, 1.807) is 0 Å². The zero-order valence-electron chi connectivity index (χ0n) is 38.2. The first kappa shape index (κ1) is 39.1. The largest absolute Gasteiger partial charge is 0.309 e. The Morgan fingerprint density at radius 1 is 0.214 bits per heavy atom. The van der Waals surface area contributed by atoms with Gasteiger partial charge in [0.1, 0.15) is 0 Å². The fourth-order valence-corrected chi connectivity index (χ4v) is 17.3. The maximum absolute atomic E-state index is 2.82. The van der Waals surface area contributed by atoms with Crippen molar-refractivity contribution in [1.82, 2.24) is 13.4 Å². The van der Waals surface area contributed by atoms with Gasteiger partial charge in [-0.05, 0) is 69.3 Å². The van der Waals surface area contributed by atoms with E-state index in [2.05, 4.69) is 274 Å². The van der Waals surface area contributed by atoms with E-state index < -0.39 is 8.07 Å². The van der Waals surface area contributed by atoms with Gasteiger partial charge in [-0.1, -0.05) is 212 Å². The second-order valence-corrected chi connectivity index (χ2v) is 22.6. The summed E-state index contributed by atoms with van der Waals surface area (Å²) in [6.45, 7) is 0. The van der Waals surface area contributed by atoms with Crippen molar-refractivity contribution in [2.75, 3.05) is 0 Å². The van der Waals surface area contributed by atoms with E-state index in [-0.39, 0.29) is 0 Å². The number of aromatic nitrogens is 3. The minimum Gasteiger partial charge on any atom is -0.309 e. The fourth-order valence-electron chi connectivity index (χ4n) is 12.5. The van der Waals surface area contributed by atoms with Gasteiger partial charge in [0.2, 0.25) is 0 Å². The Labute approximate surface area is 404 Å². The summed E-state index contributed by atoms with van der Waals surface area (Å²) in [5.74, 6) is 0. The third-order valence-corrected chi connectivity index (χ3v) is 20.1. The average molecular weight is 906 g/mol. The summed E-state index contributed by atoms with van der Waals surface area (Å²) in [6, 6.07) is 97.9. The Balaban J connectivity index is 1.11.